The van der Waals surface area contributed by atoms with Gasteiger partial charge in [0, 0.05) is 19.1 Å². The lowest BCUT2D eigenvalue weighted by atomic mass is 10.1. The van der Waals surface area contributed by atoms with Gasteiger partial charge in [-0.25, -0.2) is 5.32 Å². The molecule has 10 heavy (non-hydrogen) atoms. The van der Waals surface area contributed by atoms with Crippen molar-refractivity contribution in [2.24, 2.45) is 5.73 Å². The Balaban J connectivity index is 2.28. The van der Waals surface area contributed by atoms with Gasteiger partial charge in [-0.15, -0.1) is 0 Å². The lowest BCUT2D eigenvalue weighted by Gasteiger charge is -2.17. The predicted octanol–water partition coefficient (Wildman–Crippen LogP) is -0.700. The first kappa shape index (κ1) is 7.98. The molecule has 3 heteroatoms. The quantitative estimate of drug-likeness (QED) is 0.508. The molecule has 0 bridgehead atoms. The third kappa shape index (κ3) is 2.25. The fourth-order valence-corrected chi connectivity index (χ4v) is 1.13. The van der Waals surface area contributed by atoms with Crippen LogP contribution in [0.1, 0.15) is 13.3 Å². The zero-order chi connectivity index (χ0) is 7.40. The Morgan fingerprint density at radius 2 is 2.50 bits per heavy atom. The third-order valence-corrected chi connectivity index (χ3v) is 1.84. The van der Waals surface area contributed by atoms with Gasteiger partial charge in [-0.05, 0) is 19.9 Å². The van der Waals surface area contributed by atoms with Crippen LogP contribution < -0.4 is 16.4 Å². The normalized spacial score (nSPS) is 31.2. The van der Waals surface area contributed by atoms with Crippen LogP contribution in [-0.2, 0) is 0 Å². The average Bonchev–Trinajstić information content (AvgIpc) is 2.12. The van der Waals surface area contributed by atoms with Gasteiger partial charge in [0.05, 0.1) is 6.04 Å². The van der Waals surface area contributed by atoms with Gasteiger partial charge in [-0.2, -0.15) is 0 Å². The largest absolute Gasteiger partial charge is 0.326 e. The van der Waals surface area contributed by atoms with E-state index in [9.17, 15) is 0 Å². The Hall–Kier alpha value is -0.120. The van der Waals surface area contributed by atoms with Crippen molar-refractivity contribution in [1.82, 2.24) is 10.6 Å². The maximum absolute atomic E-state index is 5.70. The Bertz CT molecular complexity index is 84.9. The van der Waals surface area contributed by atoms with Gasteiger partial charge in [-0.1, -0.05) is 0 Å². The van der Waals surface area contributed by atoms with Crippen molar-refractivity contribution in [2.75, 3.05) is 19.6 Å². The van der Waals surface area contributed by atoms with Crippen LogP contribution in [0, 0.1) is 0 Å². The predicted molar refractivity (Wildman–Crippen MR) is 41.9 cm³/mol. The van der Waals surface area contributed by atoms with Crippen LogP contribution in [0.15, 0.2) is 0 Å². The summed E-state index contributed by atoms with van der Waals surface area (Å²) < 4.78 is 0. The summed E-state index contributed by atoms with van der Waals surface area (Å²) in [5.74, 6) is 0. The van der Waals surface area contributed by atoms with Crippen LogP contribution in [0.25, 0.3) is 0 Å². The summed E-state index contributed by atoms with van der Waals surface area (Å²) in [5.41, 5.74) is 5.70. The van der Waals surface area contributed by atoms with E-state index in [-0.39, 0.29) is 6.04 Å². The van der Waals surface area contributed by atoms with Crippen LogP contribution >= 0.6 is 0 Å². The minimum Gasteiger partial charge on any atom is -0.326 e. The fraction of sp³-hybridized carbons (Fsp3) is 1.00. The number of rotatable bonds is 1. The van der Waals surface area contributed by atoms with Crippen LogP contribution in [0.5, 0.6) is 0 Å². The Morgan fingerprint density at radius 3 is 3.20 bits per heavy atom. The molecule has 0 spiro atoms. The van der Waals surface area contributed by atoms with Crippen molar-refractivity contribution in [1.29, 1.82) is 0 Å². The lowest BCUT2D eigenvalue weighted by molar-refractivity contribution is 0.451. The summed E-state index contributed by atoms with van der Waals surface area (Å²) in [7, 11) is 0. The second-order valence-corrected chi connectivity index (χ2v) is 2.89. The van der Waals surface area contributed by atoms with E-state index in [2.05, 4.69) is 10.6 Å². The van der Waals surface area contributed by atoms with Gasteiger partial charge >= 0.3 is 0 Å². The molecular formula is C7H16N3. The van der Waals surface area contributed by atoms with Gasteiger partial charge < -0.3 is 11.1 Å². The van der Waals surface area contributed by atoms with Gasteiger partial charge in [0.25, 0.3) is 0 Å². The second-order valence-electron chi connectivity index (χ2n) is 2.89. The summed E-state index contributed by atoms with van der Waals surface area (Å²) in [6, 6.07) is 0.535. The van der Waals surface area contributed by atoms with E-state index in [0.717, 1.165) is 26.1 Å². The molecule has 3 N–H and O–H groups in total. The van der Waals surface area contributed by atoms with Crippen LogP contribution in [-0.4, -0.2) is 31.7 Å². The number of hydrogen-bond donors (Lipinski definition) is 2. The smallest absolute Gasteiger partial charge is 0.0519 e. The Kier molecular flexibility index (Phi) is 3.12. The van der Waals surface area contributed by atoms with E-state index in [1.54, 1.807) is 0 Å². The maximum atomic E-state index is 5.70. The van der Waals surface area contributed by atoms with Crippen LogP contribution in [0.2, 0.25) is 0 Å². The van der Waals surface area contributed by atoms with Gasteiger partial charge in [-0.3, -0.25) is 0 Å². The summed E-state index contributed by atoms with van der Waals surface area (Å²) in [6.07, 6.45) is 1.16. The molecule has 0 aromatic heterocycles. The van der Waals surface area contributed by atoms with Crippen LogP contribution in [0.4, 0.5) is 0 Å². The van der Waals surface area contributed by atoms with E-state index in [0.29, 0.717) is 6.04 Å². The molecule has 1 aliphatic heterocycles. The molecule has 1 rings (SSSR count). The summed E-state index contributed by atoms with van der Waals surface area (Å²) >= 11 is 0. The number of hydrogen-bond acceptors (Lipinski definition) is 2. The molecule has 59 valence electrons. The van der Waals surface area contributed by atoms with Crippen molar-refractivity contribution in [3.8, 4) is 0 Å². The van der Waals surface area contributed by atoms with Crippen molar-refractivity contribution in [2.45, 2.75) is 25.4 Å². The first-order valence-corrected chi connectivity index (χ1v) is 3.93. The molecule has 3 nitrogen and oxygen atoms in total. The number of nitrogens with two attached hydrogens (primary N) is 1. The highest BCUT2D eigenvalue weighted by molar-refractivity contribution is 4.79. The Morgan fingerprint density at radius 1 is 1.70 bits per heavy atom. The fourth-order valence-electron chi connectivity index (χ4n) is 1.13. The van der Waals surface area contributed by atoms with Crippen LogP contribution in [0.3, 0.4) is 0 Å². The molecule has 1 aliphatic rings. The third-order valence-electron chi connectivity index (χ3n) is 1.84. The molecule has 1 fully saturated rings. The summed E-state index contributed by atoms with van der Waals surface area (Å²) in [5, 5.41) is 7.74. The lowest BCUT2D eigenvalue weighted by Crippen LogP contribution is -2.44. The van der Waals surface area contributed by atoms with Crippen molar-refractivity contribution >= 4 is 0 Å². The monoisotopic (exact) mass is 142 g/mol. The minimum absolute atomic E-state index is 0.200. The molecule has 0 aliphatic carbocycles. The summed E-state index contributed by atoms with van der Waals surface area (Å²) in [4.78, 5) is 0. The molecule has 0 saturated carbocycles. The van der Waals surface area contributed by atoms with Gasteiger partial charge in [0.15, 0.2) is 0 Å². The molecule has 1 radical (unpaired) electrons. The zero-order valence-corrected chi connectivity index (χ0v) is 6.51. The zero-order valence-electron chi connectivity index (χ0n) is 6.51. The average molecular weight is 142 g/mol. The van der Waals surface area contributed by atoms with E-state index in [1.165, 1.54) is 0 Å². The minimum atomic E-state index is 0.200. The molecule has 2 atom stereocenters. The van der Waals surface area contributed by atoms with E-state index in [4.69, 9.17) is 5.73 Å². The standard InChI is InChI=1S/C7H16N3/c1-6(8)7-5-9-3-2-4-10-7/h6-7,9H,2-5,8H2,1H3. The van der Waals surface area contributed by atoms with Gasteiger partial charge in [0.1, 0.15) is 0 Å². The molecule has 2 unspecified atom stereocenters. The molecule has 0 aromatic carbocycles. The van der Waals surface area contributed by atoms with Gasteiger partial charge in [0.2, 0.25) is 0 Å². The number of nitrogens with one attached hydrogen (secondary N) is 1. The highest BCUT2D eigenvalue weighted by Gasteiger charge is 2.15. The second kappa shape index (κ2) is 3.91. The van der Waals surface area contributed by atoms with Crippen molar-refractivity contribution < 1.29 is 0 Å². The maximum Gasteiger partial charge on any atom is 0.0519 e. The topological polar surface area (TPSA) is 52.1 Å². The van der Waals surface area contributed by atoms with E-state index >= 15 is 0 Å². The summed E-state index contributed by atoms with van der Waals surface area (Å²) in [6.45, 7) is 5.03. The highest BCUT2D eigenvalue weighted by Crippen LogP contribution is 1.94. The molecule has 0 amide bonds. The molecule has 1 heterocycles. The highest BCUT2D eigenvalue weighted by atomic mass is 15.0. The first-order chi connectivity index (χ1) is 4.80. The molecule has 1 saturated heterocycles. The van der Waals surface area contributed by atoms with Crippen molar-refractivity contribution in [3.05, 3.63) is 0 Å². The van der Waals surface area contributed by atoms with E-state index < -0.39 is 0 Å². The molecule has 0 aromatic rings. The SMILES string of the molecule is CC(N)C1CNCCC[N]1. The Labute approximate surface area is 62.4 Å². The number of nitrogens with zero attached hydrogens (tertiary/aromatic N) is 1. The first-order valence-electron chi connectivity index (χ1n) is 3.93. The molecular weight excluding hydrogens is 126 g/mol. The van der Waals surface area contributed by atoms with E-state index in [1.807, 2.05) is 6.92 Å². The van der Waals surface area contributed by atoms with Crippen molar-refractivity contribution in [3.63, 3.8) is 0 Å².